The first-order chi connectivity index (χ1) is 14.6. The third kappa shape index (κ3) is 15.0. The number of halogens is 1. The van der Waals surface area contributed by atoms with E-state index in [0.29, 0.717) is 12.3 Å². The molecule has 2 rings (SSSR count). The van der Waals surface area contributed by atoms with Gasteiger partial charge in [-0.05, 0) is 48.9 Å². The van der Waals surface area contributed by atoms with E-state index in [0.717, 1.165) is 22.6 Å². The molecule has 2 aromatic rings. The second kappa shape index (κ2) is 17.1. The van der Waals surface area contributed by atoms with Gasteiger partial charge in [0.1, 0.15) is 0 Å². The molecular formula is C24H40ClN3O3. The lowest BCUT2D eigenvalue weighted by Crippen LogP contribution is -2.26. The number of hydrogen-bond acceptors (Lipinski definition) is 6. The molecule has 2 aromatic carbocycles. The van der Waals surface area contributed by atoms with Gasteiger partial charge >= 0.3 is 0 Å². The molecule has 4 atom stereocenters. The normalized spacial score (nSPS) is 14.4. The number of benzene rings is 2. The van der Waals surface area contributed by atoms with Gasteiger partial charge in [-0.3, -0.25) is 0 Å². The average Bonchev–Trinajstić information content (AvgIpc) is 2.75. The zero-order valence-electron chi connectivity index (χ0n) is 18.9. The molecule has 0 fully saturated rings. The van der Waals surface area contributed by atoms with Crippen molar-refractivity contribution in [2.45, 2.75) is 57.8 Å². The topological polar surface area (TPSA) is 139 Å². The third-order valence-corrected chi connectivity index (χ3v) is 4.55. The molecule has 0 heterocycles. The van der Waals surface area contributed by atoms with Crippen LogP contribution in [-0.4, -0.2) is 46.7 Å². The Morgan fingerprint density at radius 1 is 0.806 bits per heavy atom. The lowest BCUT2D eigenvalue weighted by molar-refractivity contribution is 0.153. The highest BCUT2D eigenvalue weighted by molar-refractivity contribution is 6.30. The Hall–Kier alpha value is -1.51. The molecule has 0 aromatic heterocycles. The second-order valence-electron chi connectivity index (χ2n) is 8.06. The van der Waals surface area contributed by atoms with Gasteiger partial charge in [-0.2, -0.15) is 0 Å². The number of hydrogen-bond donors (Lipinski definition) is 6. The highest BCUT2D eigenvalue weighted by Crippen LogP contribution is 2.14. The highest BCUT2D eigenvalue weighted by atomic mass is 35.5. The van der Waals surface area contributed by atoms with E-state index in [2.05, 4.69) is 13.8 Å². The molecule has 6 nitrogen and oxygen atoms in total. The van der Waals surface area contributed by atoms with E-state index in [-0.39, 0.29) is 31.3 Å². The minimum atomic E-state index is -0.545. The van der Waals surface area contributed by atoms with Crippen molar-refractivity contribution in [1.82, 2.24) is 0 Å². The van der Waals surface area contributed by atoms with Crippen LogP contribution in [0.15, 0.2) is 54.6 Å². The van der Waals surface area contributed by atoms with Gasteiger partial charge in [0.05, 0.1) is 19.3 Å². The summed E-state index contributed by atoms with van der Waals surface area (Å²) in [5, 5.41) is 27.3. The third-order valence-electron chi connectivity index (χ3n) is 4.29. The highest BCUT2D eigenvalue weighted by Gasteiger charge is 2.10. The predicted octanol–water partition coefficient (Wildman–Crippen LogP) is 2.62. The van der Waals surface area contributed by atoms with Gasteiger partial charge in [0.2, 0.25) is 0 Å². The average molecular weight is 454 g/mol. The first-order valence-corrected chi connectivity index (χ1v) is 10.9. The van der Waals surface area contributed by atoms with Crippen molar-refractivity contribution in [3.05, 3.63) is 70.7 Å². The molecule has 7 heteroatoms. The van der Waals surface area contributed by atoms with Crippen LogP contribution in [0.5, 0.6) is 0 Å². The fraction of sp³-hybridized carbons (Fsp3) is 0.500. The van der Waals surface area contributed by atoms with Crippen LogP contribution >= 0.6 is 11.6 Å². The number of nitrogens with two attached hydrogens (primary N) is 3. The Labute approximate surface area is 192 Å². The molecule has 0 aliphatic heterocycles. The standard InChI is InChI=1S/C9H12ClNO.C9H13NO.C6H15NO/c10-8-3-1-7(2-4-8)5-9(11)6-12;1-7(10)9(11)8-5-3-2-4-6-8;1-5(2)3-6(7)4-8/h1-4,9,12H,5-6,11H2;2-7,9,11H,10H2,1H3;5-6,8H,3-4,7H2,1-2H3/t9-;;6-/m0.1/s1. The van der Waals surface area contributed by atoms with Crippen LogP contribution in [0.1, 0.15) is 44.4 Å². The van der Waals surface area contributed by atoms with Crippen LogP contribution in [0, 0.1) is 5.92 Å². The van der Waals surface area contributed by atoms with Gasteiger partial charge in [-0.15, -0.1) is 0 Å². The van der Waals surface area contributed by atoms with Crippen molar-refractivity contribution in [1.29, 1.82) is 0 Å². The first-order valence-electron chi connectivity index (χ1n) is 10.6. The first kappa shape index (κ1) is 29.5. The Bertz CT molecular complexity index is 670. The van der Waals surface area contributed by atoms with Crippen molar-refractivity contribution in [3.63, 3.8) is 0 Å². The second-order valence-corrected chi connectivity index (χ2v) is 8.50. The van der Waals surface area contributed by atoms with E-state index < -0.39 is 6.10 Å². The summed E-state index contributed by atoms with van der Waals surface area (Å²) in [5.74, 6) is 0.595. The van der Waals surface area contributed by atoms with E-state index in [1.54, 1.807) is 6.92 Å². The number of aliphatic hydroxyl groups is 3. The fourth-order valence-electron chi connectivity index (χ4n) is 2.62. The number of rotatable bonds is 8. The van der Waals surface area contributed by atoms with Crippen LogP contribution in [0.3, 0.4) is 0 Å². The van der Waals surface area contributed by atoms with E-state index in [1.165, 1.54) is 0 Å². The Morgan fingerprint density at radius 2 is 1.32 bits per heavy atom. The molecular weight excluding hydrogens is 414 g/mol. The predicted molar refractivity (Wildman–Crippen MR) is 130 cm³/mol. The summed E-state index contributed by atoms with van der Waals surface area (Å²) in [7, 11) is 0. The maximum atomic E-state index is 9.47. The molecule has 2 unspecified atom stereocenters. The molecule has 0 radical (unpaired) electrons. The summed E-state index contributed by atoms with van der Waals surface area (Å²) in [6.45, 7) is 6.10. The molecule has 31 heavy (non-hydrogen) atoms. The molecule has 176 valence electrons. The van der Waals surface area contributed by atoms with E-state index in [9.17, 15) is 5.11 Å². The minimum absolute atomic E-state index is 0.0165. The maximum Gasteiger partial charge on any atom is 0.0938 e. The van der Waals surface area contributed by atoms with Gasteiger partial charge < -0.3 is 32.5 Å². The summed E-state index contributed by atoms with van der Waals surface area (Å²) < 4.78 is 0. The largest absolute Gasteiger partial charge is 0.395 e. The smallest absolute Gasteiger partial charge is 0.0938 e. The van der Waals surface area contributed by atoms with E-state index in [4.69, 9.17) is 39.0 Å². The van der Waals surface area contributed by atoms with Gasteiger partial charge in [0, 0.05) is 23.1 Å². The molecule has 0 aliphatic carbocycles. The van der Waals surface area contributed by atoms with Crippen LogP contribution in [0.4, 0.5) is 0 Å². The van der Waals surface area contributed by atoms with Crippen molar-refractivity contribution in [2.24, 2.45) is 23.1 Å². The van der Waals surface area contributed by atoms with Gasteiger partial charge in [-0.25, -0.2) is 0 Å². The van der Waals surface area contributed by atoms with Gasteiger partial charge in [-0.1, -0.05) is 67.9 Å². The van der Waals surface area contributed by atoms with Crippen LogP contribution in [0.25, 0.3) is 0 Å². The minimum Gasteiger partial charge on any atom is -0.395 e. The fourth-order valence-corrected chi connectivity index (χ4v) is 2.75. The summed E-state index contributed by atoms with van der Waals surface area (Å²) in [6, 6.07) is 16.5. The molecule has 0 amide bonds. The van der Waals surface area contributed by atoms with Crippen LogP contribution in [-0.2, 0) is 6.42 Å². The summed E-state index contributed by atoms with van der Waals surface area (Å²) in [6.07, 6.45) is 1.06. The summed E-state index contributed by atoms with van der Waals surface area (Å²) in [5.41, 5.74) is 18.5. The van der Waals surface area contributed by atoms with Crippen molar-refractivity contribution in [2.75, 3.05) is 13.2 Å². The lowest BCUT2D eigenvalue weighted by Gasteiger charge is -2.13. The zero-order valence-corrected chi connectivity index (χ0v) is 19.6. The molecule has 0 spiro atoms. The summed E-state index contributed by atoms with van der Waals surface area (Å²) in [4.78, 5) is 0. The monoisotopic (exact) mass is 453 g/mol. The molecule has 0 aliphatic rings. The lowest BCUT2D eigenvalue weighted by atomic mass is 10.0. The Balaban J connectivity index is 0.000000446. The van der Waals surface area contributed by atoms with Crippen LogP contribution in [0.2, 0.25) is 5.02 Å². The van der Waals surface area contributed by atoms with Gasteiger partial charge in [0.25, 0.3) is 0 Å². The zero-order chi connectivity index (χ0) is 23.8. The number of aliphatic hydroxyl groups excluding tert-OH is 3. The van der Waals surface area contributed by atoms with Crippen molar-refractivity contribution in [3.8, 4) is 0 Å². The molecule has 9 N–H and O–H groups in total. The van der Waals surface area contributed by atoms with E-state index in [1.807, 2.05) is 54.6 Å². The van der Waals surface area contributed by atoms with Crippen LogP contribution < -0.4 is 17.2 Å². The summed E-state index contributed by atoms with van der Waals surface area (Å²) >= 11 is 5.70. The Morgan fingerprint density at radius 3 is 1.71 bits per heavy atom. The molecule has 0 bridgehead atoms. The van der Waals surface area contributed by atoms with Crippen molar-refractivity contribution >= 4 is 11.6 Å². The van der Waals surface area contributed by atoms with Crippen molar-refractivity contribution < 1.29 is 15.3 Å². The van der Waals surface area contributed by atoms with Gasteiger partial charge in [0.15, 0.2) is 0 Å². The SMILES string of the molecule is CC(C)C[C@@H](N)CO.CC(N)C(O)c1ccccc1.N[C@H](CO)Cc1ccc(Cl)cc1. The quantitative estimate of drug-likeness (QED) is 0.363. The molecule has 0 saturated heterocycles. The molecule has 0 saturated carbocycles. The Kier molecular flexibility index (Phi) is 16.3. The van der Waals surface area contributed by atoms with E-state index >= 15 is 0 Å². The maximum absolute atomic E-state index is 9.47.